The van der Waals surface area contributed by atoms with E-state index >= 15 is 0 Å². The number of hydrogen-bond acceptors (Lipinski definition) is 4. The van der Waals surface area contributed by atoms with Crippen LogP contribution in [0.25, 0.3) is 0 Å². The lowest BCUT2D eigenvalue weighted by Crippen LogP contribution is -2.20. The summed E-state index contributed by atoms with van der Waals surface area (Å²) in [6.45, 7) is -0.107. The maximum atomic E-state index is 9.95. The highest BCUT2D eigenvalue weighted by Crippen LogP contribution is 2.05. The van der Waals surface area contributed by atoms with Crippen LogP contribution in [0, 0.1) is 0 Å². The fourth-order valence-electron chi connectivity index (χ4n) is 0.350. The summed E-state index contributed by atoms with van der Waals surface area (Å²) in [5.41, 5.74) is 5.28. The first kappa shape index (κ1) is 9.74. The van der Waals surface area contributed by atoms with E-state index in [-0.39, 0.29) is 18.4 Å². The molecule has 0 aromatic rings. The Balaban J connectivity index is 3.11. The maximum Gasteiger partial charge on any atom is 0.304 e. The Morgan fingerprint density at radius 1 is 1.70 bits per heavy atom. The van der Waals surface area contributed by atoms with Gasteiger partial charge in [0.25, 0.3) is 0 Å². The van der Waals surface area contributed by atoms with Crippen LogP contribution in [0.1, 0.15) is 6.42 Å². The van der Waals surface area contributed by atoms with E-state index in [2.05, 4.69) is 0 Å². The molecule has 0 aliphatic heterocycles. The topological polar surface area (TPSA) is 83.5 Å². The van der Waals surface area contributed by atoms with Gasteiger partial charge in [0.1, 0.15) is 0 Å². The smallest absolute Gasteiger partial charge is 0.304 e. The van der Waals surface area contributed by atoms with E-state index in [1.54, 1.807) is 0 Å². The van der Waals surface area contributed by atoms with Crippen molar-refractivity contribution < 1.29 is 15.0 Å². The van der Waals surface area contributed by atoms with Crippen LogP contribution < -0.4 is 5.73 Å². The number of thioether (sulfide) groups is 1. The van der Waals surface area contributed by atoms with Crippen LogP contribution >= 0.6 is 11.8 Å². The first-order valence-corrected chi connectivity index (χ1v) is 3.91. The van der Waals surface area contributed by atoms with E-state index in [0.29, 0.717) is 5.75 Å². The number of carboxylic acid groups (broad SMARTS) is 1. The third-order valence-corrected chi connectivity index (χ3v) is 1.84. The van der Waals surface area contributed by atoms with Crippen molar-refractivity contribution in [1.82, 2.24) is 0 Å². The van der Waals surface area contributed by atoms with E-state index in [1.165, 1.54) is 11.8 Å². The molecule has 0 aliphatic carbocycles. The normalized spacial score (nSPS) is 13.0. The molecule has 0 spiro atoms. The number of carbonyl (C=O) groups is 1. The minimum atomic E-state index is -0.836. The number of carboxylic acids is 1. The lowest BCUT2D eigenvalue weighted by Gasteiger charge is -2.04. The zero-order chi connectivity index (χ0) is 7.98. The van der Waals surface area contributed by atoms with Crippen LogP contribution in [0.5, 0.6) is 0 Å². The Morgan fingerprint density at radius 3 is 2.70 bits per heavy atom. The van der Waals surface area contributed by atoms with Crippen molar-refractivity contribution in [3.05, 3.63) is 0 Å². The van der Waals surface area contributed by atoms with Gasteiger partial charge in [0, 0.05) is 5.75 Å². The Bertz CT molecular complexity index is 109. The van der Waals surface area contributed by atoms with Crippen molar-refractivity contribution >= 4 is 17.7 Å². The van der Waals surface area contributed by atoms with Crippen LogP contribution in [-0.2, 0) is 4.79 Å². The highest BCUT2D eigenvalue weighted by Gasteiger charge is 2.01. The van der Waals surface area contributed by atoms with Crippen LogP contribution in [-0.4, -0.2) is 33.9 Å². The molecule has 0 rings (SSSR count). The van der Waals surface area contributed by atoms with Crippen LogP contribution in [0.2, 0.25) is 0 Å². The van der Waals surface area contributed by atoms with Gasteiger partial charge in [0.15, 0.2) is 0 Å². The van der Waals surface area contributed by atoms with Crippen LogP contribution in [0.15, 0.2) is 0 Å². The number of aliphatic hydroxyl groups is 1. The number of hydrogen-bond donors (Lipinski definition) is 3. The Kier molecular flexibility index (Phi) is 5.38. The molecule has 0 aromatic carbocycles. The number of rotatable bonds is 5. The number of aliphatic carboxylic acids is 1. The minimum Gasteiger partial charge on any atom is -0.481 e. The van der Waals surface area contributed by atoms with Gasteiger partial charge >= 0.3 is 5.97 Å². The highest BCUT2D eigenvalue weighted by atomic mass is 32.2. The molecule has 0 amide bonds. The van der Waals surface area contributed by atoms with E-state index < -0.39 is 5.97 Å². The fourth-order valence-corrected chi connectivity index (χ4v) is 1.05. The van der Waals surface area contributed by atoms with Crippen molar-refractivity contribution in [1.29, 1.82) is 0 Å². The van der Waals surface area contributed by atoms with Crippen LogP contribution in [0.4, 0.5) is 0 Å². The second-order valence-corrected chi connectivity index (χ2v) is 3.08. The molecule has 5 heteroatoms. The largest absolute Gasteiger partial charge is 0.481 e. The third-order valence-electron chi connectivity index (χ3n) is 0.828. The molecule has 0 fully saturated rings. The Hall–Kier alpha value is -0.260. The molecule has 1 atom stereocenters. The second-order valence-electron chi connectivity index (χ2n) is 1.74. The molecule has 4 N–H and O–H groups in total. The summed E-state index contributed by atoms with van der Waals surface area (Å²) in [6, 6.07) is 0. The van der Waals surface area contributed by atoms with Gasteiger partial charge in [0.05, 0.1) is 18.4 Å². The molecule has 0 aromatic heterocycles. The van der Waals surface area contributed by atoms with Crippen molar-refractivity contribution in [3.8, 4) is 0 Å². The molecule has 0 saturated heterocycles. The van der Waals surface area contributed by atoms with Gasteiger partial charge in [-0.25, -0.2) is 0 Å². The number of nitrogens with two attached hydrogens (primary N) is 1. The van der Waals surface area contributed by atoms with E-state index in [0.717, 1.165) is 0 Å². The van der Waals surface area contributed by atoms with Crippen molar-refractivity contribution in [2.24, 2.45) is 5.73 Å². The van der Waals surface area contributed by atoms with Crippen molar-refractivity contribution in [2.45, 2.75) is 11.8 Å². The summed E-state index contributed by atoms with van der Waals surface area (Å²) < 4.78 is 0. The zero-order valence-corrected chi connectivity index (χ0v) is 6.30. The summed E-state index contributed by atoms with van der Waals surface area (Å²) in [7, 11) is 0. The van der Waals surface area contributed by atoms with Gasteiger partial charge in [-0.05, 0) is 0 Å². The van der Waals surface area contributed by atoms with E-state index in [1.807, 2.05) is 0 Å². The summed E-state index contributed by atoms with van der Waals surface area (Å²) in [6.07, 6.45) is 0.0956. The lowest BCUT2D eigenvalue weighted by atomic mass is 10.5. The molecular weight excluding hydrogens is 154 g/mol. The van der Waals surface area contributed by atoms with Gasteiger partial charge < -0.3 is 15.9 Å². The second kappa shape index (κ2) is 5.52. The third kappa shape index (κ3) is 5.87. The van der Waals surface area contributed by atoms with Gasteiger partial charge in [-0.1, -0.05) is 0 Å². The molecule has 60 valence electrons. The molecule has 4 nitrogen and oxygen atoms in total. The molecule has 1 unspecified atom stereocenters. The summed E-state index contributed by atoms with van der Waals surface area (Å²) >= 11 is 1.25. The molecule has 0 radical (unpaired) electrons. The molecule has 10 heavy (non-hydrogen) atoms. The van der Waals surface area contributed by atoms with Gasteiger partial charge in [0.2, 0.25) is 0 Å². The van der Waals surface area contributed by atoms with Crippen LogP contribution in [0.3, 0.4) is 0 Å². The zero-order valence-electron chi connectivity index (χ0n) is 5.49. The predicted octanol–water partition coefficient (Wildman–Crippen LogP) is -0.529. The molecule has 0 aliphatic rings. The Morgan fingerprint density at radius 2 is 2.30 bits per heavy atom. The molecule has 0 bridgehead atoms. The fraction of sp³-hybridized carbons (Fsp3) is 0.800. The average molecular weight is 165 g/mol. The molecule has 0 saturated carbocycles. The minimum absolute atomic E-state index is 0.0956. The van der Waals surface area contributed by atoms with E-state index in [4.69, 9.17) is 15.9 Å². The van der Waals surface area contributed by atoms with Gasteiger partial charge in [-0.15, -0.1) is 11.8 Å². The molecule has 0 heterocycles. The van der Waals surface area contributed by atoms with Gasteiger partial charge in [-0.3, -0.25) is 4.79 Å². The van der Waals surface area contributed by atoms with E-state index in [9.17, 15) is 4.79 Å². The van der Waals surface area contributed by atoms with Gasteiger partial charge in [-0.2, -0.15) is 0 Å². The predicted molar refractivity (Wildman–Crippen MR) is 39.8 cm³/mol. The average Bonchev–Trinajstić information content (AvgIpc) is 1.87. The number of aliphatic hydroxyl groups excluding tert-OH is 1. The monoisotopic (exact) mass is 165 g/mol. The first-order chi connectivity index (χ1) is 4.66. The summed E-state index contributed by atoms with van der Waals surface area (Å²) in [5.74, 6) is -0.380. The maximum absolute atomic E-state index is 9.95. The first-order valence-electron chi connectivity index (χ1n) is 2.86. The summed E-state index contributed by atoms with van der Waals surface area (Å²) in [5, 5.41) is 16.2. The summed E-state index contributed by atoms with van der Waals surface area (Å²) in [4.78, 5) is 9.95. The SMILES string of the molecule is NC(CO)SCCC(=O)O. The highest BCUT2D eigenvalue weighted by molar-refractivity contribution is 7.99. The van der Waals surface area contributed by atoms with Crippen molar-refractivity contribution in [3.63, 3.8) is 0 Å². The lowest BCUT2D eigenvalue weighted by molar-refractivity contribution is -0.136. The Labute approximate surface area is 63.4 Å². The quantitative estimate of drug-likeness (QED) is 0.477. The molecular formula is C5H11NO3S. The van der Waals surface area contributed by atoms with Crippen molar-refractivity contribution in [2.75, 3.05) is 12.4 Å². The standard InChI is InChI=1S/C5H11NO3S/c6-4(3-7)10-2-1-5(8)9/h4,7H,1-3,6H2,(H,8,9).